The van der Waals surface area contributed by atoms with Crippen LogP contribution in [-0.2, 0) is 22.4 Å². The summed E-state index contributed by atoms with van der Waals surface area (Å²) in [6.45, 7) is 3.81. The number of halogens is 1. The molecule has 3 N–H and O–H groups in total. The number of hydrogen-bond acceptors (Lipinski definition) is 5. The molecule has 0 fully saturated rings. The Morgan fingerprint density at radius 1 is 1.29 bits per heavy atom. The maximum Gasteiger partial charge on any atom is 0.222 e. The van der Waals surface area contributed by atoms with E-state index in [-0.39, 0.29) is 24.7 Å². The van der Waals surface area contributed by atoms with Crippen LogP contribution in [-0.4, -0.2) is 33.0 Å². The number of nitriles is 1. The topological polar surface area (TPSA) is 126 Å². The first kappa shape index (κ1) is 21.9. The maximum absolute atomic E-state index is 13.1. The van der Waals surface area contributed by atoms with Crippen molar-refractivity contribution in [3.8, 4) is 6.07 Å². The zero-order chi connectivity index (χ0) is 22.5. The van der Waals surface area contributed by atoms with Crippen molar-refractivity contribution in [2.24, 2.45) is 11.7 Å². The lowest BCUT2D eigenvalue weighted by molar-refractivity contribution is -0.123. The molecule has 1 aromatic carbocycles. The number of aromatic nitrogens is 3. The minimum Gasteiger partial charge on any atom is -0.369 e. The number of benzene rings is 1. The molecular formula is C22H23FN6O2. The van der Waals surface area contributed by atoms with Crippen molar-refractivity contribution in [3.63, 3.8) is 0 Å². The summed E-state index contributed by atoms with van der Waals surface area (Å²) < 4.78 is 14.7. The van der Waals surface area contributed by atoms with Gasteiger partial charge < -0.3 is 11.1 Å². The normalized spacial score (nSPS) is 11.8. The van der Waals surface area contributed by atoms with Crippen LogP contribution in [0.5, 0.6) is 0 Å². The fourth-order valence-corrected chi connectivity index (χ4v) is 3.49. The molecule has 1 unspecified atom stereocenters. The highest BCUT2D eigenvalue weighted by Crippen LogP contribution is 2.18. The van der Waals surface area contributed by atoms with Gasteiger partial charge in [0.1, 0.15) is 17.4 Å². The first-order valence-corrected chi connectivity index (χ1v) is 9.84. The quantitative estimate of drug-likeness (QED) is 0.572. The summed E-state index contributed by atoms with van der Waals surface area (Å²) in [7, 11) is 0. The average molecular weight is 422 g/mol. The van der Waals surface area contributed by atoms with Gasteiger partial charge in [0.05, 0.1) is 12.1 Å². The molecule has 2 heterocycles. The third-order valence-electron chi connectivity index (χ3n) is 5.27. The molecule has 2 amide bonds. The van der Waals surface area contributed by atoms with Crippen molar-refractivity contribution in [2.75, 3.05) is 6.54 Å². The molecule has 0 aliphatic carbocycles. The third kappa shape index (κ3) is 5.04. The Morgan fingerprint density at radius 2 is 2.00 bits per heavy atom. The van der Waals surface area contributed by atoms with E-state index in [9.17, 15) is 14.0 Å². The van der Waals surface area contributed by atoms with E-state index in [0.29, 0.717) is 24.1 Å². The summed E-state index contributed by atoms with van der Waals surface area (Å²) in [6, 6.07) is 7.89. The van der Waals surface area contributed by atoms with Crippen molar-refractivity contribution in [1.29, 1.82) is 5.26 Å². The van der Waals surface area contributed by atoms with Crippen LogP contribution in [0.2, 0.25) is 0 Å². The van der Waals surface area contributed by atoms with E-state index >= 15 is 0 Å². The highest BCUT2D eigenvalue weighted by molar-refractivity contribution is 5.80. The minimum absolute atomic E-state index is 0.103. The number of amides is 2. The molecule has 0 radical (unpaired) electrons. The van der Waals surface area contributed by atoms with E-state index in [1.165, 1.54) is 18.3 Å². The average Bonchev–Trinajstić information content (AvgIpc) is 3.15. The SMILES string of the molecule is Cc1nc2c(C#N)cnn2c(C)c1CCC(=O)NCC(Cc1ccc(F)cc1)C(N)=O. The Labute approximate surface area is 178 Å². The van der Waals surface area contributed by atoms with Crippen LogP contribution in [0.25, 0.3) is 5.65 Å². The molecule has 31 heavy (non-hydrogen) atoms. The van der Waals surface area contributed by atoms with Crippen molar-refractivity contribution in [3.05, 3.63) is 64.4 Å². The van der Waals surface area contributed by atoms with Crippen molar-refractivity contribution in [1.82, 2.24) is 19.9 Å². The number of primary amides is 1. The Morgan fingerprint density at radius 3 is 2.65 bits per heavy atom. The summed E-state index contributed by atoms with van der Waals surface area (Å²) >= 11 is 0. The van der Waals surface area contributed by atoms with Crippen LogP contribution in [0, 0.1) is 36.9 Å². The van der Waals surface area contributed by atoms with Crippen LogP contribution in [0.15, 0.2) is 30.5 Å². The number of rotatable bonds is 8. The lowest BCUT2D eigenvalue weighted by Gasteiger charge is -2.15. The van der Waals surface area contributed by atoms with Gasteiger partial charge in [-0.25, -0.2) is 13.9 Å². The highest BCUT2D eigenvalue weighted by atomic mass is 19.1. The van der Waals surface area contributed by atoms with Crippen LogP contribution >= 0.6 is 0 Å². The van der Waals surface area contributed by atoms with Crippen molar-refractivity contribution < 1.29 is 14.0 Å². The zero-order valence-electron chi connectivity index (χ0n) is 17.4. The number of carbonyl (C=O) groups excluding carboxylic acids is 2. The first-order valence-electron chi connectivity index (χ1n) is 9.84. The zero-order valence-corrected chi connectivity index (χ0v) is 17.4. The van der Waals surface area contributed by atoms with E-state index in [4.69, 9.17) is 11.0 Å². The lowest BCUT2D eigenvalue weighted by Crippen LogP contribution is -2.37. The Hall–Kier alpha value is -3.80. The Bertz CT molecular complexity index is 1160. The fraction of sp³-hybridized carbons (Fsp3) is 0.318. The number of nitrogens with one attached hydrogen (secondary N) is 1. The Kier molecular flexibility index (Phi) is 6.60. The maximum atomic E-state index is 13.1. The van der Waals surface area contributed by atoms with Crippen LogP contribution in [0.3, 0.4) is 0 Å². The molecule has 0 aliphatic rings. The smallest absolute Gasteiger partial charge is 0.222 e. The molecule has 0 saturated heterocycles. The van der Waals surface area contributed by atoms with Crippen molar-refractivity contribution >= 4 is 17.5 Å². The summed E-state index contributed by atoms with van der Waals surface area (Å²) in [5.41, 5.74) is 9.57. The van der Waals surface area contributed by atoms with Crippen molar-refractivity contribution in [2.45, 2.75) is 33.1 Å². The largest absolute Gasteiger partial charge is 0.369 e. The highest BCUT2D eigenvalue weighted by Gasteiger charge is 2.18. The summed E-state index contributed by atoms with van der Waals surface area (Å²) in [6.07, 6.45) is 2.42. The second-order valence-electron chi connectivity index (χ2n) is 7.40. The van der Waals surface area contributed by atoms with Crippen LogP contribution in [0.4, 0.5) is 4.39 Å². The number of hydrogen-bond donors (Lipinski definition) is 2. The predicted octanol–water partition coefficient (Wildman–Crippen LogP) is 1.75. The second kappa shape index (κ2) is 9.34. The van der Waals surface area contributed by atoms with Crippen LogP contribution in [0.1, 0.15) is 34.5 Å². The molecule has 0 saturated carbocycles. The lowest BCUT2D eigenvalue weighted by atomic mass is 9.98. The molecule has 0 aliphatic heterocycles. The molecule has 160 valence electrons. The number of fused-ring (bicyclic) bond motifs is 1. The van der Waals surface area contributed by atoms with E-state index < -0.39 is 11.8 Å². The molecular weight excluding hydrogens is 399 g/mol. The summed E-state index contributed by atoms with van der Waals surface area (Å²) in [5, 5.41) is 16.1. The van der Waals surface area contributed by atoms with Gasteiger partial charge in [0.15, 0.2) is 5.65 Å². The second-order valence-corrected chi connectivity index (χ2v) is 7.40. The minimum atomic E-state index is -0.593. The number of aryl methyl sites for hydroxylation is 2. The van der Waals surface area contributed by atoms with Gasteiger partial charge in [-0.2, -0.15) is 10.4 Å². The summed E-state index contributed by atoms with van der Waals surface area (Å²) in [4.78, 5) is 28.6. The predicted molar refractivity (Wildman–Crippen MR) is 111 cm³/mol. The van der Waals surface area contributed by atoms with E-state index in [0.717, 1.165) is 22.5 Å². The fourth-order valence-electron chi connectivity index (χ4n) is 3.49. The van der Waals surface area contributed by atoms with Gasteiger partial charge in [-0.3, -0.25) is 9.59 Å². The summed E-state index contributed by atoms with van der Waals surface area (Å²) in [5.74, 6) is -1.70. The van der Waals surface area contributed by atoms with Gasteiger partial charge in [0.2, 0.25) is 11.8 Å². The van der Waals surface area contributed by atoms with Crippen LogP contribution < -0.4 is 11.1 Å². The first-order chi connectivity index (χ1) is 14.8. The molecule has 8 nitrogen and oxygen atoms in total. The van der Waals surface area contributed by atoms with Gasteiger partial charge in [-0.15, -0.1) is 0 Å². The third-order valence-corrected chi connectivity index (χ3v) is 5.27. The monoisotopic (exact) mass is 422 g/mol. The van der Waals surface area contributed by atoms with E-state index in [2.05, 4.69) is 21.5 Å². The van der Waals surface area contributed by atoms with Gasteiger partial charge >= 0.3 is 0 Å². The number of nitrogens with two attached hydrogens (primary N) is 1. The Balaban J connectivity index is 1.61. The molecule has 2 aromatic heterocycles. The molecule has 0 bridgehead atoms. The standard InChI is InChI=1S/C22H23FN6O2/c1-13-19(14(2)29-22(28-13)17(10-24)12-27-29)7-8-20(30)26-11-16(21(25)31)9-15-3-5-18(23)6-4-15/h3-6,12,16H,7-9,11H2,1-2H3,(H2,25,31)(H,26,30). The van der Waals surface area contributed by atoms with E-state index in [1.807, 2.05) is 13.8 Å². The number of nitrogens with zero attached hydrogens (tertiary/aromatic N) is 4. The van der Waals surface area contributed by atoms with Gasteiger partial charge in [-0.05, 0) is 49.9 Å². The molecule has 9 heteroatoms. The molecule has 3 rings (SSSR count). The van der Waals surface area contributed by atoms with Gasteiger partial charge in [0, 0.05) is 24.4 Å². The van der Waals surface area contributed by atoms with Gasteiger partial charge in [-0.1, -0.05) is 12.1 Å². The molecule has 0 spiro atoms. The molecule has 3 aromatic rings. The van der Waals surface area contributed by atoms with E-state index in [1.54, 1.807) is 16.6 Å². The van der Waals surface area contributed by atoms with Gasteiger partial charge in [0.25, 0.3) is 0 Å². The molecule has 1 atom stereocenters. The number of carbonyl (C=O) groups is 2.